The van der Waals surface area contributed by atoms with Crippen LogP contribution in [0.25, 0.3) is 0 Å². The van der Waals surface area contributed by atoms with Gasteiger partial charge in [0.25, 0.3) is 0 Å². The molecule has 9 nitrogen and oxygen atoms in total. The maximum Gasteiger partial charge on any atom is 0.309 e. The number of aryl methyl sites for hydroxylation is 2. The van der Waals surface area contributed by atoms with E-state index in [0.29, 0.717) is 25.1 Å². The smallest absolute Gasteiger partial charge is 0.309 e. The summed E-state index contributed by atoms with van der Waals surface area (Å²) in [5, 5.41) is 11.9. The molecule has 0 aliphatic heterocycles. The zero-order valence-electron chi connectivity index (χ0n) is 28.1. The molecule has 0 aliphatic carbocycles. The van der Waals surface area contributed by atoms with Gasteiger partial charge in [0.1, 0.15) is 10.6 Å². The Morgan fingerprint density at radius 2 is 1.72 bits per heavy atom. The summed E-state index contributed by atoms with van der Waals surface area (Å²) in [6.07, 6.45) is 2.62. The second-order valence-corrected chi connectivity index (χ2v) is 14.6. The van der Waals surface area contributed by atoms with Crippen LogP contribution in [0.5, 0.6) is 5.75 Å². The number of nitrogens with two attached hydrogens (primary N) is 2. The van der Waals surface area contributed by atoms with Crippen molar-refractivity contribution in [3.8, 4) is 5.75 Å². The number of carboxylic acids is 1. The van der Waals surface area contributed by atoms with E-state index in [1.807, 2.05) is 77.1 Å². The Labute approximate surface area is 274 Å². The van der Waals surface area contributed by atoms with E-state index in [4.69, 9.17) is 16.3 Å². The second-order valence-electron chi connectivity index (χ2n) is 12.9. The fourth-order valence-electron chi connectivity index (χ4n) is 5.78. The zero-order chi connectivity index (χ0) is 34.2. The average molecular weight is 651 g/mol. The molecule has 0 heterocycles. The highest BCUT2D eigenvalue weighted by molar-refractivity contribution is 7.89. The summed E-state index contributed by atoms with van der Waals surface area (Å²) < 4.78 is 35.2. The van der Waals surface area contributed by atoms with Crippen molar-refractivity contribution >= 4 is 16.0 Å². The quantitative estimate of drug-likeness (QED) is 0.103. The number of hydrogen-bond acceptors (Lipinski definition) is 7. The van der Waals surface area contributed by atoms with E-state index < -0.39 is 27.3 Å². The number of aliphatic carboxylic acids is 1. The molecule has 2 unspecified atom stereocenters. The number of allylic oxidation sites excluding steroid dienone is 1. The third kappa shape index (κ3) is 9.57. The number of rotatable bonds is 16. The van der Waals surface area contributed by atoms with Gasteiger partial charge in [-0.25, -0.2) is 19.0 Å². The minimum absolute atomic E-state index is 0.0260. The standard InChI is InChI=1S/C36H50N4O5S/c1-8-28(20-31(37)23-40(38)22-27-16-13-25(4)14-17-27)34(36(6,7)35(41)42)29-18-15-26(5)30(19-29)21-39-46(43,44)33-12-10-9-11-32(33)45-24(2)3/h9-19,23-24,28,34,39H,8,20-22,37-38H2,1-7H3,(H,41,42)/b31-23-. The molecule has 0 fully saturated rings. The molecule has 3 rings (SSSR count). The lowest BCUT2D eigenvalue weighted by molar-refractivity contribution is -0.149. The molecule has 6 N–H and O–H groups in total. The van der Waals surface area contributed by atoms with Crippen molar-refractivity contribution in [1.82, 2.24) is 9.73 Å². The van der Waals surface area contributed by atoms with Crippen molar-refractivity contribution in [3.05, 3.63) is 106 Å². The molecule has 0 aliphatic rings. The highest BCUT2D eigenvalue weighted by atomic mass is 32.2. The molecule has 0 radical (unpaired) electrons. The first kappa shape index (κ1) is 36.6. The molecular weight excluding hydrogens is 600 g/mol. The van der Waals surface area contributed by atoms with Crippen LogP contribution in [0.2, 0.25) is 0 Å². The van der Waals surface area contributed by atoms with Crippen LogP contribution < -0.4 is 21.0 Å². The minimum atomic E-state index is -3.91. The summed E-state index contributed by atoms with van der Waals surface area (Å²) in [5.74, 6) is 5.07. The molecule has 0 saturated heterocycles. The topological polar surface area (TPSA) is 148 Å². The molecule has 0 spiro atoms. The third-order valence-electron chi connectivity index (χ3n) is 8.33. The fraction of sp³-hybridized carbons (Fsp3) is 0.417. The number of nitrogens with one attached hydrogen (secondary N) is 1. The predicted molar refractivity (Wildman–Crippen MR) is 183 cm³/mol. The Morgan fingerprint density at radius 3 is 2.33 bits per heavy atom. The van der Waals surface area contributed by atoms with Crippen LogP contribution in [-0.2, 0) is 27.9 Å². The van der Waals surface area contributed by atoms with Crippen molar-refractivity contribution in [1.29, 1.82) is 0 Å². The molecule has 46 heavy (non-hydrogen) atoms. The van der Waals surface area contributed by atoms with Gasteiger partial charge in [-0.1, -0.05) is 73.5 Å². The van der Waals surface area contributed by atoms with Crippen molar-refractivity contribution in [3.63, 3.8) is 0 Å². The van der Waals surface area contributed by atoms with Gasteiger partial charge in [-0.2, -0.15) is 0 Å². The molecule has 0 amide bonds. The molecule has 3 aromatic carbocycles. The Kier molecular flexibility index (Phi) is 12.4. The summed E-state index contributed by atoms with van der Waals surface area (Å²) in [4.78, 5) is 12.7. The van der Waals surface area contributed by atoms with Crippen LogP contribution in [0.1, 0.15) is 81.2 Å². The van der Waals surface area contributed by atoms with Crippen LogP contribution in [0.4, 0.5) is 0 Å². The predicted octanol–water partition coefficient (Wildman–Crippen LogP) is 6.36. The summed E-state index contributed by atoms with van der Waals surface area (Å²) in [5.41, 5.74) is 10.6. The number of hydrazine groups is 1. The lowest BCUT2D eigenvalue weighted by Crippen LogP contribution is -2.36. The van der Waals surface area contributed by atoms with E-state index in [0.717, 1.165) is 22.3 Å². The normalized spacial score (nSPS) is 13.8. The van der Waals surface area contributed by atoms with Gasteiger partial charge in [0, 0.05) is 24.4 Å². The van der Waals surface area contributed by atoms with Crippen molar-refractivity contribution in [2.45, 2.75) is 91.3 Å². The van der Waals surface area contributed by atoms with E-state index in [1.165, 1.54) is 11.6 Å². The molecule has 0 bridgehead atoms. The molecule has 250 valence electrons. The maximum absolute atomic E-state index is 13.4. The van der Waals surface area contributed by atoms with Crippen LogP contribution in [0.15, 0.2) is 83.5 Å². The van der Waals surface area contributed by atoms with Crippen LogP contribution in [-0.4, -0.2) is 30.6 Å². The second kappa shape index (κ2) is 15.6. The monoisotopic (exact) mass is 650 g/mol. The van der Waals surface area contributed by atoms with Crippen LogP contribution in [0, 0.1) is 25.2 Å². The van der Waals surface area contributed by atoms with Gasteiger partial charge in [0.2, 0.25) is 10.0 Å². The number of sulfonamides is 1. The highest BCUT2D eigenvalue weighted by Crippen LogP contribution is 2.45. The summed E-state index contributed by atoms with van der Waals surface area (Å²) in [6.45, 7) is 13.6. The first-order valence-corrected chi connectivity index (χ1v) is 17.1. The summed E-state index contributed by atoms with van der Waals surface area (Å²) in [6, 6.07) is 20.4. The largest absolute Gasteiger partial charge is 0.490 e. The minimum Gasteiger partial charge on any atom is -0.490 e. The summed E-state index contributed by atoms with van der Waals surface area (Å²) >= 11 is 0. The van der Waals surface area contributed by atoms with E-state index in [1.54, 1.807) is 43.3 Å². The Bertz CT molecular complexity index is 1620. The van der Waals surface area contributed by atoms with Gasteiger partial charge in [0.15, 0.2) is 0 Å². The number of hydrogen-bond donors (Lipinski definition) is 4. The average Bonchev–Trinajstić information content (AvgIpc) is 2.97. The van der Waals surface area contributed by atoms with E-state index in [2.05, 4.69) is 4.72 Å². The first-order valence-electron chi connectivity index (χ1n) is 15.7. The van der Waals surface area contributed by atoms with Gasteiger partial charge in [-0.3, -0.25) is 4.79 Å². The molecule has 2 atom stereocenters. The first-order chi connectivity index (χ1) is 21.5. The Hall–Kier alpha value is -3.86. The maximum atomic E-state index is 13.4. The van der Waals surface area contributed by atoms with E-state index >= 15 is 0 Å². The van der Waals surface area contributed by atoms with Gasteiger partial charge < -0.3 is 20.6 Å². The number of para-hydroxylation sites is 1. The number of carbonyl (C=O) groups is 1. The van der Waals surface area contributed by atoms with Gasteiger partial charge in [-0.05, 0) is 88.3 Å². The molecular formula is C36H50N4O5S. The number of ether oxygens (including phenoxy) is 1. The van der Waals surface area contributed by atoms with Crippen molar-refractivity contribution < 1.29 is 23.1 Å². The fourth-order valence-corrected chi connectivity index (χ4v) is 6.92. The summed E-state index contributed by atoms with van der Waals surface area (Å²) in [7, 11) is -3.91. The molecule has 10 heteroatoms. The van der Waals surface area contributed by atoms with Crippen LogP contribution >= 0.6 is 0 Å². The molecule has 0 aromatic heterocycles. The number of benzene rings is 3. The van der Waals surface area contributed by atoms with E-state index in [-0.39, 0.29) is 29.2 Å². The zero-order valence-corrected chi connectivity index (χ0v) is 28.9. The number of carboxylic acid groups (broad SMARTS) is 1. The number of nitrogens with zero attached hydrogens (tertiary/aromatic N) is 1. The lowest BCUT2D eigenvalue weighted by Gasteiger charge is -2.37. The van der Waals surface area contributed by atoms with Crippen molar-refractivity contribution in [2.75, 3.05) is 0 Å². The van der Waals surface area contributed by atoms with Gasteiger partial charge >= 0.3 is 5.97 Å². The van der Waals surface area contributed by atoms with Crippen LogP contribution in [0.3, 0.4) is 0 Å². The van der Waals surface area contributed by atoms with Gasteiger partial charge in [-0.15, -0.1) is 0 Å². The third-order valence-corrected chi connectivity index (χ3v) is 9.77. The lowest BCUT2D eigenvalue weighted by atomic mass is 9.66. The Balaban J connectivity index is 1.90. The molecule has 3 aromatic rings. The highest BCUT2D eigenvalue weighted by Gasteiger charge is 2.42. The van der Waals surface area contributed by atoms with Crippen molar-refractivity contribution in [2.24, 2.45) is 22.9 Å². The van der Waals surface area contributed by atoms with E-state index in [9.17, 15) is 18.3 Å². The van der Waals surface area contributed by atoms with Gasteiger partial charge in [0.05, 0.1) is 18.1 Å². The molecule has 0 saturated carbocycles. The SMILES string of the molecule is CCC(C/C(N)=C/N(N)Cc1ccc(C)cc1)C(c1ccc(C)c(CNS(=O)(=O)c2ccccc2OC(C)C)c1)C(C)(C)C(=O)O. The Morgan fingerprint density at radius 1 is 1.07 bits per heavy atom.